The van der Waals surface area contributed by atoms with Crippen molar-refractivity contribution in [3.63, 3.8) is 0 Å². The second-order valence-electron chi connectivity index (χ2n) is 10.8. The molecule has 2 aromatic carbocycles. The minimum atomic E-state index is -4.56. The molecule has 1 amide bonds. The number of carbonyl (C=O) groups excluding carboxylic acids is 1. The third kappa shape index (κ3) is 5.50. The van der Waals surface area contributed by atoms with Crippen LogP contribution in [0.4, 0.5) is 13.2 Å². The first-order valence-electron chi connectivity index (χ1n) is 13.9. The number of hydrogen-bond acceptors (Lipinski definition) is 5. The highest BCUT2D eigenvalue weighted by atomic mass is 32.2. The van der Waals surface area contributed by atoms with Gasteiger partial charge >= 0.3 is 6.18 Å². The van der Waals surface area contributed by atoms with Crippen LogP contribution >= 0.6 is 0 Å². The zero-order valence-electron chi connectivity index (χ0n) is 22.7. The lowest BCUT2D eigenvalue weighted by atomic mass is 9.81. The van der Waals surface area contributed by atoms with Crippen LogP contribution in [0.25, 0.3) is 11.0 Å². The summed E-state index contributed by atoms with van der Waals surface area (Å²) < 4.78 is 67.5. The number of benzene rings is 2. The molecule has 2 aliphatic rings. The zero-order chi connectivity index (χ0) is 28.7. The van der Waals surface area contributed by atoms with E-state index >= 15 is 0 Å². The summed E-state index contributed by atoms with van der Waals surface area (Å²) in [5.74, 6) is -1.00. The standard InChI is InChI=1S/C29H35F3N4O3S/c1-3-35(4-2)20-13-14-25(19(17-20)18-40(38,39)21-9-6-5-7-10-21)36-16-15-22(28(36)37)27-33-24-12-8-11-23(26(24)34-27)29(30,31)32/h5-12,19-20,22,25H,3-4,13-18H2,1-2H3,(H,33,34)/t19-,20+,22?,25?/m0/s1. The fourth-order valence-corrected chi connectivity index (χ4v) is 8.31. The van der Waals surface area contributed by atoms with E-state index < -0.39 is 27.5 Å². The van der Waals surface area contributed by atoms with E-state index in [1.165, 1.54) is 12.1 Å². The molecular weight excluding hydrogens is 541 g/mol. The van der Waals surface area contributed by atoms with E-state index in [2.05, 4.69) is 28.7 Å². The number of amides is 1. The molecule has 2 heterocycles. The van der Waals surface area contributed by atoms with Crippen molar-refractivity contribution < 1.29 is 26.4 Å². The number of carbonyl (C=O) groups is 1. The number of fused-ring (bicyclic) bond motifs is 1. The van der Waals surface area contributed by atoms with Crippen LogP contribution in [0.2, 0.25) is 0 Å². The van der Waals surface area contributed by atoms with Crippen LogP contribution in [0, 0.1) is 5.92 Å². The Morgan fingerprint density at radius 1 is 1.02 bits per heavy atom. The fourth-order valence-electron chi connectivity index (χ4n) is 6.62. The summed E-state index contributed by atoms with van der Waals surface area (Å²) in [5, 5.41) is 0. The first-order chi connectivity index (χ1) is 19.0. The van der Waals surface area contributed by atoms with Gasteiger partial charge in [-0.1, -0.05) is 38.1 Å². The number of imidazole rings is 1. The molecule has 4 atom stereocenters. The molecule has 2 fully saturated rings. The average molecular weight is 577 g/mol. The third-order valence-electron chi connectivity index (χ3n) is 8.59. The van der Waals surface area contributed by atoms with Gasteiger partial charge in [0.15, 0.2) is 9.84 Å². The van der Waals surface area contributed by atoms with Gasteiger partial charge in [-0.2, -0.15) is 13.2 Å². The molecular formula is C29H35F3N4O3S. The summed E-state index contributed by atoms with van der Waals surface area (Å²) >= 11 is 0. The van der Waals surface area contributed by atoms with Gasteiger partial charge in [0.05, 0.1) is 27.6 Å². The molecule has 40 heavy (non-hydrogen) atoms. The molecule has 1 aliphatic heterocycles. The molecule has 1 aliphatic carbocycles. The van der Waals surface area contributed by atoms with Crippen LogP contribution in [0.5, 0.6) is 0 Å². The number of nitrogens with zero attached hydrogens (tertiary/aromatic N) is 3. The highest BCUT2D eigenvalue weighted by molar-refractivity contribution is 7.91. The van der Waals surface area contributed by atoms with Gasteiger partial charge < -0.3 is 14.8 Å². The molecule has 1 saturated heterocycles. The van der Waals surface area contributed by atoms with E-state index in [1.54, 1.807) is 35.2 Å². The fraction of sp³-hybridized carbons (Fsp3) is 0.517. The van der Waals surface area contributed by atoms with Crippen LogP contribution < -0.4 is 0 Å². The Morgan fingerprint density at radius 2 is 1.75 bits per heavy atom. The van der Waals surface area contributed by atoms with Crippen molar-refractivity contribution in [3.8, 4) is 0 Å². The average Bonchev–Trinajstić information content (AvgIpc) is 3.52. The van der Waals surface area contributed by atoms with Crippen molar-refractivity contribution in [2.75, 3.05) is 25.4 Å². The number of nitrogens with one attached hydrogen (secondary N) is 1. The van der Waals surface area contributed by atoms with E-state index in [0.29, 0.717) is 25.8 Å². The number of likely N-dealkylation sites (tertiary alicyclic amines) is 1. The second kappa shape index (κ2) is 11.2. The number of sulfone groups is 1. The predicted octanol–water partition coefficient (Wildman–Crippen LogP) is 5.25. The molecule has 3 aromatic rings. The van der Waals surface area contributed by atoms with Crippen LogP contribution in [-0.4, -0.2) is 71.6 Å². The Bertz CT molecular complexity index is 1450. The Hall–Kier alpha value is -2.92. The molecule has 0 bridgehead atoms. The van der Waals surface area contributed by atoms with Crippen LogP contribution in [-0.2, 0) is 20.8 Å². The lowest BCUT2D eigenvalue weighted by Crippen LogP contribution is -2.51. The minimum Gasteiger partial charge on any atom is -0.341 e. The van der Waals surface area contributed by atoms with Gasteiger partial charge in [0, 0.05) is 18.6 Å². The maximum Gasteiger partial charge on any atom is 0.418 e. The van der Waals surface area contributed by atoms with E-state index in [9.17, 15) is 26.4 Å². The molecule has 1 aromatic heterocycles. The van der Waals surface area contributed by atoms with Crippen LogP contribution in [0.15, 0.2) is 53.4 Å². The van der Waals surface area contributed by atoms with Gasteiger partial charge in [0.1, 0.15) is 11.3 Å². The summed E-state index contributed by atoms with van der Waals surface area (Å²) in [7, 11) is -3.59. The lowest BCUT2D eigenvalue weighted by molar-refractivity contribution is -0.136. The highest BCUT2D eigenvalue weighted by Gasteiger charge is 2.45. The van der Waals surface area contributed by atoms with E-state index in [1.807, 2.05) is 0 Å². The maximum absolute atomic E-state index is 13.8. The first kappa shape index (κ1) is 28.6. The monoisotopic (exact) mass is 576 g/mol. The summed E-state index contributed by atoms with van der Waals surface area (Å²) in [6.07, 6.45) is -1.96. The summed E-state index contributed by atoms with van der Waals surface area (Å²) in [4.78, 5) is 25.3. The van der Waals surface area contributed by atoms with E-state index in [4.69, 9.17) is 0 Å². The third-order valence-corrected chi connectivity index (χ3v) is 10.4. The Morgan fingerprint density at radius 3 is 2.42 bits per heavy atom. The molecule has 1 N–H and O–H groups in total. The van der Waals surface area contributed by atoms with Gasteiger partial charge in [0.25, 0.3) is 0 Å². The SMILES string of the molecule is CCN(CC)[C@@H]1CCC(N2CCC(c3nc4c(C(F)(F)F)cccc4[nH]3)C2=O)[C@H](CS(=O)(=O)c2ccccc2)C1. The van der Waals surface area contributed by atoms with Crippen molar-refractivity contribution in [1.29, 1.82) is 0 Å². The largest absolute Gasteiger partial charge is 0.418 e. The molecule has 0 spiro atoms. The maximum atomic E-state index is 13.8. The number of alkyl halides is 3. The van der Waals surface area contributed by atoms with Crippen molar-refractivity contribution in [2.45, 2.75) is 68.6 Å². The van der Waals surface area contributed by atoms with Gasteiger partial charge in [-0.3, -0.25) is 4.79 Å². The number of halogens is 3. The minimum absolute atomic E-state index is 0.0620. The van der Waals surface area contributed by atoms with Crippen LogP contribution in [0.1, 0.15) is 56.8 Å². The number of hydrogen-bond donors (Lipinski definition) is 1. The number of rotatable bonds is 8. The predicted molar refractivity (Wildman–Crippen MR) is 146 cm³/mol. The Kier molecular flexibility index (Phi) is 7.98. The van der Waals surface area contributed by atoms with Crippen molar-refractivity contribution in [2.24, 2.45) is 5.92 Å². The van der Waals surface area contributed by atoms with Gasteiger partial charge in [-0.05, 0) is 69.0 Å². The summed E-state index contributed by atoms with van der Waals surface area (Å²) in [6.45, 7) is 6.32. The number of aromatic nitrogens is 2. The molecule has 7 nitrogen and oxygen atoms in total. The van der Waals surface area contributed by atoms with Gasteiger partial charge in [-0.25, -0.2) is 13.4 Å². The lowest BCUT2D eigenvalue weighted by Gasteiger charge is -2.44. The zero-order valence-corrected chi connectivity index (χ0v) is 23.5. The van der Waals surface area contributed by atoms with Crippen molar-refractivity contribution >= 4 is 26.8 Å². The Balaban J connectivity index is 1.42. The second-order valence-corrected chi connectivity index (χ2v) is 12.8. The van der Waals surface area contributed by atoms with E-state index in [0.717, 1.165) is 25.6 Å². The molecule has 11 heteroatoms. The first-order valence-corrected chi connectivity index (χ1v) is 15.6. The van der Waals surface area contributed by atoms with Gasteiger partial charge in [0.2, 0.25) is 5.91 Å². The Labute approximate surface area is 232 Å². The number of H-pyrrole nitrogens is 1. The summed E-state index contributed by atoms with van der Waals surface area (Å²) in [5.41, 5.74) is -0.791. The van der Waals surface area contributed by atoms with Gasteiger partial charge in [-0.15, -0.1) is 0 Å². The summed E-state index contributed by atoms with van der Waals surface area (Å²) in [6, 6.07) is 12.2. The smallest absolute Gasteiger partial charge is 0.341 e. The van der Waals surface area contributed by atoms with Crippen molar-refractivity contribution in [3.05, 3.63) is 59.9 Å². The quantitative estimate of drug-likeness (QED) is 0.396. The van der Waals surface area contributed by atoms with Crippen LogP contribution in [0.3, 0.4) is 0 Å². The normalized spacial score (nSPS) is 24.4. The highest BCUT2D eigenvalue weighted by Crippen LogP contribution is 2.40. The number of para-hydroxylation sites is 1. The molecule has 0 radical (unpaired) electrons. The molecule has 216 valence electrons. The van der Waals surface area contributed by atoms with E-state index in [-0.39, 0.29) is 51.4 Å². The number of aromatic amines is 1. The van der Waals surface area contributed by atoms with Crippen molar-refractivity contribution in [1.82, 2.24) is 19.8 Å². The topological polar surface area (TPSA) is 86.4 Å². The molecule has 1 saturated carbocycles. The molecule has 2 unspecified atom stereocenters. The molecule has 5 rings (SSSR count).